The number of allylic oxidation sites excluding steroid dienone is 2. The van der Waals surface area contributed by atoms with Crippen LogP contribution in [0.2, 0.25) is 5.02 Å². The summed E-state index contributed by atoms with van der Waals surface area (Å²) in [7, 11) is 0. The van der Waals surface area contributed by atoms with Gasteiger partial charge in [-0.2, -0.15) is 0 Å². The number of hydrogen-bond acceptors (Lipinski definition) is 6. The molecule has 170 valence electrons. The number of carbonyl (C=O) groups excluding carboxylic acids is 2. The molecule has 0 N–H and O–H groups in total. The maximum atomic E-state index is 13.4. The fourth-order valence-electron chi connectivity index (χ4n) is 4.62. The Morgan fingerprint density at radius 1 is 1.00 bits per heavy atom. The van der Waals surface area contributed by atoms with Crippen molar-refractivity contribution < 1.29 is 19.4 Å². The van der Waals surface area contributed by atoms with Crippen LogP contribution in [0.1, 0.15) is 44.6 Å². The zero-order valence-corrected chi connectivity index (χ0v) is 18.7. The fourth-order valence-corrected chi connectivity index (χ4v) is 4.82. The van der Waals surface area contributed by atoms with Gasteiger partial charge in [0.15, 0.2) is 5.78 Å². The number of ketones is 1. The van der Waals surface area contributed by atoms with E-state index in [-0.39, 0.29) is 40.7 Å². The third kappa shape index (κ3) is 4.11. The second-order valence-corrected chi connectivity index (χ2v) is 9.44. The first-order valence-electron chi connectivity index (χ1n) is 10.3. The average Bonchev–Trinajstić information content (AvgIpc) is 2.73. The SMILES string of the molecule is CC1(C)CC(=O)C2=C(C1)N(c1cc([N+](=O)[O-])ccc1Cl)C(=O)CC2c1cccc([N+](=O)[O-])c1. The molecule has 2 aromatic carbocycles. The number of non-ortho nitro benzene ring substituents is 2. The lowest BCUT2D eigenvalue weighted by molar-refractivity contribution is -0.385. The van der Waals surface area contributed by atoms with Gasteiger partial charge in [-0.1, -0.05) is 37.6 Å². The number of hydrogen-bond donors (Lipinski definition) is 0. The molecular weight excluding hydrogens is 450 g/mol. The van der Waals surface area contributed by atoms with E-state index in [4.69, 9.17) is 11.6 Å². The lowest BCUT2D eigenvalue weighted by atomic mass is 9.69. The fraction of sp³-hybridized carbons (Fsp3) is 0.304. The molecule has 0 radical (unpaired) electrons. The predicted octanol–water partition coefficient (Wildman–Crippen LogP) is 5.32. The summed E-state index contributed by atoms with van der Waals surface area (Å²) in [5.41, 5.74) is 0.672. The molecule has 4 rings (SSSR count). The summed E-state index contributed by atoms with van der Waals surface area (Å²) >= 11 is 6.35. The van der Waals surface area contributed by atoms with Gasteiger partial charge < -0.3 is 0 Å². The Balaban J connectivity index is 1.93. The van der Waals surface area contributed by atoms with Gasteiger partial charge in [-0.25, -0.2) is 0 Å². The van der Waals surface area contributed by atoms with Crippen LogP contribution in [0.25, 0.3) is 0 Å². The van der Waals surface area contributed by atoms with Crippen LogP contribution in [0.5, 0.6) is 0 Å². The molecule has 9 nitrogen and oxygen atoms in total. The van der Waals surface area contributed by atoms with Crippen LogP contribution in [0, 0.1) is 25.6 Å². The van der Waals surface area contributed by atoms with Gasteiger partial charge in [0.05, 0.1) is 20.6 Å². The first-order chi connectivity index (χ1) is 15.5. The van der Waals surface area contributed by atoms with Crippen molar-refractivity contribution in [1.29, 1.82) is 0 Å². The number of amides is 1. The smallest absolute Gasteiger partial charge is 0.271 e. The van der Waals surface area contributed by atoms with Crippen LogP contribution in [0.4, 0.5) is 17.1 Å². The topological polar surface area (TPSA) is 124 Å². The summed E-state index contributed by atoms with van der Waals surface area (Å²) < 4.78 is 0. The quantitative estimate of drug-likeness (QED) is 0.441. The molecule has 0 saturated heterocycles. The first kappa shape index (κ1) is 22.6. The molecule has 1 heterocycles. The van der Waals surface area contributed by atoms with Gasteiger partial charge in [0.25, 0.3) is 11.4 Å². The van der Waals surface area contributed by atoms with Crippen molar-refractivity contribution in [3.05, 3.63) is 84.5 Å². The average molecular weight is 470 g/mol. The van der Waals surface area contributed by atoms with Crippen LogP contribution >= 0.6 is 11.6 Å². The van der Waals surface area contributed by atoms with E-state index in [0.717, 1.165) is 0 Å². The normalized spacial score (nSPS) is 20.0. The van der Waals surface area contributed by atoms with Gasteiger partial charge in [0.1, 0.15) is 0 Å². The van der Waals surface area contributed by atoms with Crippen molar-refractivity contribution in [2.75, 3.05) is 4.90 Å². The Morgan fingerprint density at radius 3 is 2.33 bits per heavy atom. The number of Topliss-reactive ketones (excluding diaryl/α,β-unsaturated/α-hetero) is 1. The number of halogens is 1. The number of rotatable bonds is 4. The molecule has 2 aliphatic rings. The zero-order chi connectivity index (χ0) is 24.1. The second kappa shape index (κ2) is 8.08. The minimum absolute atomic E-state index is 0.120. The summed E-state index contributed by atoms with van der Waals surface area (Å²) in [4.78, 5) is 49.6. The summed E-state index contributed by atoms with van der Waals surface area (Å²) in [6.07, 6.45) is 0.497. The van der Waals surface area contributed by atoms with Crippen molar-refractivity contribution in [2.45, 2.75) is 39.0 Å². The lowest BCUT2D eigenvalue weighted by Crippen LogP contribution is -2.43. The van der Waals surface area contributed by atoms with Crippen LogP contribution in [0.15, 0.2) is 53.7 Å². The lowest BCUT2D eigenvalue weighted by Gasteiger charge is -2.43. The molecule has 1 unspecified atom stereocenters. The highest BCUT2D eigenvalue weighted by atomic mass is 35.5. The molecule has 0 fully saturated rings. The highest BCUT2D eigenvalue weighted by Gasteiger charge is 2.45. The van der Waals surface area contributed by atoms with E-state index >= 15 is 0 Å². The molecule has 1 aliphatic heterocycles. The molecule has 2 aromatic rings. The first-order valence-corrected chi connectivity index (χ1v) is 10.6. The predicted molar refractivity (Wildman–Crippen MR) is 121 cm³/mol. The molecule has 1 atom stereocenters. The third-order valence-electron chi connectivity index (χ3n) is 6.01. The molecule has 1 aliphatic carbocycles. The maximum Gasteiger partial charge on any atom is 0.271 e. The molecular formula is C23H20ClN3O6. The van der Waals surface area contributed by atoms with Crippen molar-refractivity contribution >= 4 is 40.4 Å². The van der Waals surface area contributed by atoms with Crippen LogP contribution in [-0.2, 0) is 9.59 Å². The minimum Gasteiger partial charge on any atom is -0.294 e. The van der Waals surface area contributed by atoms with Crippen molar-refractivity contribution in [3.63, 3.8) is 0 Å². The van der Waals surface area contributed by atoms with Gasteiger partial charge in [0.2, 0.25) is 5.91 Å². The van der Waals surface area contributed by atoms with E-state index in [2.05, 4.69) is 0 Å². The van der Waals surface area contributed by atoms with Gasteiger partial charge in [-0.3, -0.25) is 34.7 Å². The Bertz CT molecular complexity index is 1250. The van der Waals surface area contributed by atoms with E-state index in [0.29, 0.717) is 23.3 Å². The summed E-state index contributed by atoms with van der Waals surface area (Å²) in [6, 6.07) is 9.75. The number of nitro groups is 2. The highest BCUT2D eigenvalue weighted by Crippen LogP contribution is 2.49. The van der Waals surface area contributed by atoms with Crippen LogP contribution in [-0.4, -0.2) is 21.5 Å². The number of nitro benzene ring substituents is 2. The van der Waals surface area contributed by atoms with Crippen LogP contribution in [0.3, 0.4) is 0 Å². The van der Waals surface area contributed by atoms with Crippen molar-refractivity contribution in [3.8, 4) is 0 Å². The third-order valence-corrected chi connectivity index (χ3v) is 6.33. The van der Waals surface area contributed by atoms with E-state index in [1.165, 1.54) is 41.3 Å². The Morgan fingerprint density at radius 2 is 1.67 bits per heavy atom. The Hall–Kier alpha value is -3.59. The van der Waals surface area contributed by atoms with Gasteiger partial charge >= 0.3 is 0 Å². The van der Waals surface area contributed by atoms with Crippen LogP contribution < -0.4 is 4.90 Å². The molecule has 10 heteroatoms. The highest BCUT2D eigenvalue weighted by molar-refractivity contribution is 6.34. The standard InChI is InChI=1S/C23H20ClN3O6/c1-23(2)11-19-22(20(28)12-23)16(13-4-3-5-14(8-13)26(30)31)10-21(29)25(19)18-9-15(27(32)33)6-7-17(18)24/h3-9,16H,10-12H2,1-2H3. The number of carbonyl (C=O) groups is 2. The molecule has 0 spiro atoms. The Kier molecular flexibility index (Phi) is 5.53. The van der Waals surface area contributed by atoms with E-state index in [1.807, 2.05) is 13.8 Å². The molecule has 0 saturated carbocycles. The molecule has 1 amide bonds. The summed E-state index contributed by atoms with van der Waals surface area (Å²) in [5.74, 6) is -1.19. The second-order valence-electron chi connectivity index (χ2n) is 9.03. The van der Waals surface area contributed by atoms with Crippen molar-refractivity contribution in [1.82, 2.24) is 0 Å². The van der Waals surface area contributed by atoms with Gasteiger partial charge in [0, 0.05) is 54.3 Å². The van der Waals surface area contributed by atoms with Gasteiger partial charge in [-0.05, 0) is 23.5 Å². The monoisotopic (exact) mass is 469 g/mol. The molecule has 0 bridgehead atoms. The number of benzene rings is 2. The van der Waals surface area contributed by atoms with E-state index in [9.17, 15) is 29.8 Å². The van der Waals surface area contributed by atoms with E-state index < -0.39 is 27.1 Å². The maximum absolute atomic E-state index is 13.4. The largest absolute Gasteiger partial charge is 0.294 e. The number of nitrogens with zero attached hydrogens (tertiary/aromatic N) is 3. The molecule has 33 heavy (non-hydrogen) atoms. The minimum atomic E-state index is -0.648. The number of anilines is 1. The summed E-state index contributed by atoms with van der Waals surface area (Å²) in [5, 5.41) is 22.7. The summed E-state index contributed by atoms with van der Waals surface area (Å²) in [6.45, 7) is 3.81. The zero-order valence-electron chi connectivity index (χ0n) is 17.9. The van der Waals surface area contributed by atoms with Crippen molar-refractivity contribution in [2.24, 2.45) is 5.41 Å². The Labute approximate surface area is 193 Å². The van der Waals surface area contributed by atoms with Gasteiger partial charge in [-0.15, -0.1) is 0 Å². The molecule has 0 aromatic heterocycles. The van der Waals surface area contributed by atoms with E-state index in [1.54, 1.807) is 6.07 Å².